The lowest BCUT2D eigenvalue weighted by molar-refractivity contribution is -0.124. The van der Waals surface area contributed by atoms with E-state index in [1.165, 1.54) is 0 Å². The first-order valence-corrected chi connectivity index (χ1v) is 14.9. The number of hydrogen-bond acceptors (Lipinski definition) is 5. The van der Waals surface area contributed by atoms with Gasteiger partial charge in [0.25, 0.3) is 0 Å². The molecule has 3 aromatic rings. The number of nitrogens with zero attached hydrogens (tertiary/aromatic N) is 3. The lowest BCUT2D eigenvalue weighted by Gasteiger charge is -2.30. The molecule has 0 bridgehead atoms. The van der Waals surface area contributed by atoms with Crippen LogP contribution in [0.25, 0.3) is 22.2 Å². The summed E-state index contributed by atoms with van der Waals surface area (Å²) in [6, 6.07) is 10.3. The lowest BCUT2D eigenvalue weighted by Crippen LogP contribution is -2.36. The number of Topliss-reactive ketones (excluding diaryl/α,β-unsaturated/α-hetero) is 1. The van der Waals surface area contributed by atoms with Crippen LogP contribution in [0.4, 0.5) is 0 Å². The summed E-state index contributed by atoms with van der Waals surface area (Å²) >= 11 is 0. The number of hydrogen-bond donors (Lipinski definition) is 2. The number of ketones is 1. The van der Waals surface area contributed by atoms with Gasteiger partial charge in [-0.25, -0.2) is 4.98 Å². The molecule has 208 valence electrons. The number of piperidine rings is 1. The summed E-state index contributed by atoms with van der Waals surface area (Å²) in [7, 11) is 2.16. The van der Waals surface area contributed by atoms with Crippen molar-refractivity contribution in [2.75, 3.05) is 20.1 Å². The van der Waals surface area contributed by atoms with Crippen molar-refractivity contribution in [2.24, 2.45) is 11.3 Å². The number of likely N-dealkylation sites (tertiary alicyclic amines) is 1. The monoisotopic (exact) mass is 529 g/mol. The molecule has 1 aromatic carbocycles. The smallest absolute Gasteiger partial charge is 0.224 e. The molecule has 2 atom stereocenters. The van der Waals surface area contributed by atoms with Gasteiger partial charge in [0.1, 0.15) is 11.6 Å². The number of carbonyl (C=O) groups excluding carboxylic acids is 2. The number of imidazole rings is 1. The summed E-state index contributed by atoms with van der Waals surface area (Å²) < 4.78 is 0. The molecule has 2 aliphatic rings. The highest BCUT2D eigenvalue weighted by atomic mass is 16.2. The maximum atomic E-state index is 13.4. The molecule has 1 aliphatic heterocycles. The maximum Gasteiger partial charge on any atom is 0.224 e. The Balaban J connectivity index is 1.28. The maximum absolute atomic E-state index is 13.4. The minimum absolute atomic E-state index is 0.117. The van der Waals surface area contributed by atoms with Crippen LogP contribution in [0, 0.1) is 11.3 Å². The second-order valence-electron chi connectivity index (χ2n) is 11.7. The van der Waals surface area contributed by atoms with Crippen LogP contribution in [0.5, 0.6) is 0 Å². The Bertz CT molecular complexity index is 1310. The topological polar surface area (TPSA) is 91.0 Å². The van der Waals surface area contributed by atoms with Gasteiger partial charge in [0.2, 0.25) is 5.91 Å². The van der Waals surface area contributed by atoms with E-state index in [4.69, 9.17) is 9.97 Å². The molecule has 2 aromatic heterocycles. The highest BCUT2D eigenvalue weighted by Crippen LogP contribution is 2.59. The van der Waals surface area contributed by atoms with Crippen LogP contribution < -0.4 is 5.32 Å². The van der Waals surface area contributed by atoms with E-state index in [0.29, 0.717) is 18.6 Å². The van der Waals surface area contributed by atoms with Crippen LogP contribution in [0.1, 0.15) is 89.2 Å². The van der Waals surface area contributed by atoms with Gasteiger partial charge in [-0.2, -0.15) is 0 Å². The van der Waals surface area contributed by atoms with Crippen molar-refractivity contribution >= 4 is 22.6 Å². The van der Waals surface area contributed by atoms with E-state index < -0.39 is 0 Å². The van der Waals surface area contributed by atoms with Gasteiger partial charge < -0.3 is 15.2 Å². The van der Waals surface area contributed by atoms with Crippen LogP contribution >= 0.6 is 0 Å². The minimum Gasteiger partial charge on any atom is -0.346 e. The Morgan fingerprint density at radius 1 is 1.13 bits per heavy atom. The van der Waals surface area contributed by atoms with Crippen molar-refractivity contribution in [1.29, 1.82) is 0 Å². The minimum atomic E-state index is -0.161. The van der Waals surface area contributed by atoms with Crippen molar-refractivity contribution < 1.29 is 9.59 Å². The van der Waals surface area contributed by atoms with Crippen LogP contribution in [0.3, 0.4) is 0 Å². The third-order valence-corrected chi connectivity index (χ3v) is 8.99. The Morgan fingerprint density at radius 3 is 2.72 bits per heavy atom. The van der Waals surface area contributed by atoms with Gasteiger partial charge >= 0.3 is 0 Å². The number of pyridine rings is 1. The lowest BCUT2D eigenvalue weighted by atomic mass is 9.91. The zero-order chi connectivity index (χ0) is 27.4. The second kappa shape index (κ2) is 12.0. The predicted octanol–water partition coefficient (Wildman–Crippen LogP) is 6.01. The number of amides is 1. The first-order valence-electron chi connectivity index (χ1n) is 14.9. The van der Waals surface area contributed by atoms with E-state index in [0.717, 1.165) is 98.1 Å². The van der Waals surface area contributed by atoms with Crippen LogP contribution in [-0.2, 0) is 16.0 Å². The quantitative estimate of drug-likeness (QED) is 0.281. The average molecular weight is 530 g/mol. The molecule has 2 fully saturated rings. The van der Waals surface area contributed by atoms with Crippen LogP contribution in [-0.4, -0.2) is 51.7 Å². The van der Waals surface area contributed by atoms with E-state index in [2.05, 4.69) is 59.5 Å². The summed E-state index contributed by atoms with van der Waals surface area (Å²) in [4.78, 5) is 40.5. The molecule has 0 radical (unpaired) electrons. The Kier molecular flexibility index (Phi) is 8.46. The zero-order valence-corrected chi connectivity index (χ0v) is 23.8. The van der Waals surface area contributed by atoms with Gasteiger partial charge in [-0.05, 0) is 82.3 Å². The number of nitrogens with one attached hydrogen (secondary N) is 2. The summed E-state index contributed by atoms with van der Waals surface area (Å²) in [6.07, 6.45) is 10.9. The van der Waals surface area contributed by atoms with E-state index >= 15 is 0 Å². The van der Waals surface area contributed by atoms with Gasteiger partial charge in [-0.3, -0.25) is 14.6 Å². The second-order valence-corrected chi connectivity index (χ2v) is 11.7. The van der Waals surface area contributed by atoms with Crippen molar-refractivity contribution in [1.82, 2.24) is 25.2 Å². The molecule has 39 heavy (non-hydrogen) atoms. The third kappa shape index (κ3) is 6.40. The Morgan fingerprint density at radius 2 is 1.95 bits per heavy atom. The molecule has 0 unspecified atom stereocenters. The summed E-state index contributed by atoms with van der Waals surface area (Å²) in [5, 5.41) is 4.47. The standard InChI is InChI=1S/C32H43N5O2/c1-4-24-13-11-22-19-23(12-14-27(22)34-24)29-21-33-30(35-29)28(10-8-6-7-9-25(38)5-2)36-31(39)26-20-32(26)15-17-37(3)18-16-32/h11-14,19,21,26,28H,4-10,15-18,20H2,1-3H3,(H,33,35)(H,36,39)/t26-,28+/m1/s1. The number of benzene rings is 1. The van der Waals surface area contributed by atoms with Crippen molar-refractivity contribution in [3.8, 4) is 11.3 Å². The SMILES string of the molecule is CCC(=O)CCCCC[C@H](NC(=O)[C@H]1CC12CCN(C)CC2)c1ncc(-c2ccc3nc(CC)ccc3c2)[nH]1. The predicted molar refractivity (Wildman–Crippen MR) is 155 cm³/mol. The van der Waals surface area contributed by atoms with Crippen LogP contribution in [0.2, 0.25) is 0 Å². The number of aromatic nitrogens is 3. The molecule has 1 saturated heterocycles. The third-order valence-electron chi connectivity index (χ3n) is 8.99. The Hall–Kier alpha value is -3.06. The molecule has 2 N–H and O–H groups in total. The summed E-state index contributed by atoms with van der Waals surface area (Å²) in [6.45, 7) is 6.19. The van der Waals surface area contributed by atoms with Crippen molar-refractivity contribution in [3.05, 3.63) is 48.0 Å². The molecule has 1 amide bonds. The van der Waals surface area contributed by atoms with Crippen LogP contribution in [0.15, 0.2) is 36.5 Å². The molecular formula is C32H43N5O2. The molecule has 7 heteroatoms. The van der Waals surface area contributed by atoms with Gasteiger partial charge in [0, 0.05) is 35.4 Å². The highest BCUT2D eigenvalue weighted by molar-refractivity contribution is 5.84. The molecule has 1 aliphatic carbocycles. The van der Waals surface area contributed by atoms with Crippen molar-refractivity contribution in [3.63, 3.8) is 0 Å². The summed E-state index contributed by atoms with van der Waals surface area (Å²) in [5.74, 6) is 1.42. The first-order chi connectivity index (χ1) is 18.9. The highest BCUT2D eigenvalue weighted by Gasteiger charge is 2.58. The molecular weight excluding hydrogens is 486 g/mol. The Labute approximate surface area is 232 Å². The fourth-order valence-electron chi connectivity index (χ4n) is 6.10. The number of rotatable bonds is 12. The molecule has 1 saturated carbocycles. The van der Waals surface area contributed by atoms with Gasteiger partial charge in [-0.15, -0.1) is 0 Å². The molecule has 5 rings (SSSR count). The number of aromatic amines is 1. The van der Waals surface area contributed by atoms with Gasteiger partial charge in [0.15, 0.2) is 0 Å². The van der Waals surface area contributed by atoms with E-state index in [1.807, 2.05) is 13.1 Å². The number of carbonyl (C=O) groups is 2. The molecule has 3 heterocycles. The fourth-order valence-corrected chi connectivity index (χ4v) is 6.10. The number of unbranched alkanes of at least 4 members (excludes halogenated alkanes) is 2. The normalized spacial score (nSPS) is 19.3. The summed E-state index contributed by atoms with van der Waals surface area (Å²) in [5.41, 5.74) is 4.29. The van der Waals surface area contributed by atoms with E-state index in [-0.39, 0.29) is 23.3 Å². The van der Waals surface area contributed by atoms with Gasteiger partial charge in [-0.1, -0.05) is 38.8 Å². The number of aryl methyl sites for hydroxylation is 1. The molecule has 7 nitrogen and oxygen atoms in total. The number of H-pyrrole nitrogens is 1. The van der Waals surface area contributed by atoms with E-state index in [9.17, 15) is 9.59 Å². The van der Waals surface area contributed by atoms with Gasteiger partial charge in [0.05, 0.1) is 23.4 Å². The largest absolute Gasteiger partial charge is 0.346 e. The molecule has 1 spiro atoms. The number of fused-ring (bicyclic) bond motifs is 1. The fraction of sp³-hybridized carbons (Fsp3) is 0.562. The van der Waals surface area contributed by atoms with E-state index in [1.54, 1.807) is 0 Å². The van der Waals surface area contributed by atoms with Crippen molar-refractivity contribution in [2.45, 2.75) is 84.1 Å². The average Bonchev–Trinajstić information content (AvgIpc) is 3.44. The zero-order valence-electron chi connectivity index (χ0n) is 23.8. The first kappa shape index (κ1) is 27.5.